The van der Waals surface area contributed by atoms with E-state index in [0.29, 0.717) is 23.1 Å². The third-order valence-electron chi connectivity index (χ3n) is 5.39. The molecule has 0 radical (unpaired) electrons. The Morgan fingerprint density at radius 3 is 2.66 bits per heavy atom. The molecule has 2 aromatic heterocycles. The highest BCUT2D eigenvalue weighted by Crippen LogP contribution is 2.42. The molecule has 1 N–H and O–H groups in total. The lowest BCUT2D eigenvalue weighted by Gasteiger charge is -2.23. The molecule has 0 aliphatic carbocycles. The summed E-state index contributed by atoms with van der Waals surface area (Å²) in [6.45, 7) is 4.02. The second-order valence-electron chi connectivity index (χ2n) is 7.46. The van der Waals surface area contributed by atoms with Crippen LogP contribution in [0, 0.1) is 6.92 Å². The maximum absolute atomic E-state index is 13.6. The topological polar surface area (TPSA) is 106 Å². The summed E-state index contributed by atoms with van der Waals surface area (Å²) in [4.78, 5) is 36.8. The first-order valence-electron chi connectivity index (χ1n) is 10.1. The van der Waals surface area contributed by atoms with Gasteiger partial charge in [-0.1, -0.05) is 17.7 Å². The van der Waals surface area contributed by atoms with Gasteiger partial charge in [-0.15, -0.1) is 0 Å². The average molecular weight is 429 g/mol. The molecule has 1 aliphatic rings. The summed E-state index contributed by atoms with van der Waals surface area (Å²) >= 11 is 0. The number of aromatic hydroxyl groups is 1. The van der Waals surface area contributed by atoms with Crippen molar-refractivity contribution in [2.24, 2.45) is 0 Å². The number of phenols is 1. The molecule has 1 unspecified atom stereocenters. The highest BCUT2D eigenvalue weighted by molar-refractivity contribution is 6.09. The van der Waals surface area contributed by atoms with E-state index in [9.17, 15) is 14.7 Å². The van der Waals surface area contributed by atoms with Crippen LogP contribution in [0.15, 0.2) is 64.1 Å². The number of hydrogen-bond acceptors (Lipinski definition) is 7. The molecule has 0 fully saturated rings. The molecule has 0 saturated heterocycles. The van der Waals surface area contributed by atoms with Crippen molar-refractivity contribution >= 4 is 22.8 Å². The summed E-state index contributed by atoms with van der Waals surface area (Å²) in [6.07, 6.45) is 3.04. The van der Waals surface area contributed by atoms with Crippen LogP contribution in [-0.4, -0.2) is 27.6 Å². The molecule has 32 heavy (non-hydrogen) atoms. The molecular formula is C24H19N3O5. The molecule has 4 aromatic rings. The zero-order valence-corrected chi connectivity index (χ0v) is 17.4. The standard InChI is InChI=1S/C24H19N3O5/c1-3-31-18-12-14(6-7-16(18)28)20-19-21(29)15-11-13(2)5-8-17(15)32-22(19)23(30)27(20)24-25-9-4-10-26-24/h4-12,20,28H,3H2,1-2H3. The van der Waals surface area contributed by atoms with Crippen LogP contribution in [0.2, 0.25) is 0 Å². The number of nitrogens with zero attached hydrogens (tertiary/aromatic N) is 3. The molecule has 8 heteroatoms. The Labute approximate surface area is 182 Å². The lowest BCUT2D eigenvalue weighted by atomic mass is 9.98. The van der Waals surface area contributed by atoms with E-state index in [2.05, 4.69) is 9.97 Å². The number of phenolic OH excluding ortho intramolecular Hbond substituents is 1. The molecule has 160 valence electrons. The van der Waals surface area contributed by atoms with Gasteiger partial charge in [0.25, 0.3) is 5.91 Å². The van der Waals surface area contributed by atoms with Crippen molar-refractivity contribution in [3.8, 4) is 11.5 Å². The monoisotopic (exact) mass is 429 g/mol. The van der Waals surface area contributed by atoms with Gasteiger partial charge in [-0.05, 0) is 49.7 Å². The van der Waals surface area contributed by atoms with Crippen LogP contribution in [0.5, 0.6) is 11.5 Å². The Kier molecular flexibility index (Phi) is 4.62. The van der Waals surface area contributed by atoms with Gasteiger partial charge in [0.1, 0.15) is 5.58 Å². The molecule has 0 saturated carbocycles. The molecule has 1 atom stereocenters. The minimum absolute atomic E-state index is 0.0381. The first-order chi connectivity index (χ1) is 15.5. The van der Waals surface area contributed by atoms with E-state index in [0.717, 1.165) is 5.56 Å². The van der Waals surface area contributed by atoms with E-state index in [1.807, 2.05) is 13.0 Å². The predicted molar refractivity (Wildman–Crippen MR) is 117 cm³/mol. The highest BCUT2D eigenvalue weighted by atomic mass is 16.5. The van der Waals surface area contributed by atoms with Crippen molar-refractivity contribution < 1.29 is 19.1 Å². The molecule has 3 heterocycles. The molecule has 1 aliphatic heterocycles. The van der Waals surface area contributed by atoms with Crippen molar-refractivity contribution in [1.29, 1.82) is 0 Å². The molecule has 1 amide bonds. The van der Waals surface area contributed by atoms with Gasteiger partial charge in [-0.3, -0.25) is 14.5 Å². The molecule has 0 bridgehead atoms. The minimum atomic E-state index is -0.846. The highest BCUT2D eigenvalue weighted by Gasteiger charge is 2.45. The summed E-state index contributed by atoms with van der Waals surface area (Å²) < 4.78 is 11.5. The van der Waals surface area contributed by atoms with Crippen LogP contribution in [-0.2, 0) is 0 Å². The van der Waals surface area contributed by atoms with E-state index in [1.54, 1.807) is 37.3 Å². The van der Waals surface area contributed by atoms with E-state index in [4.69, 9.17) is 9.15 Å². The lowest BCUT2D eigenvalue weighted by Crippen LogP contribution is -2.31. The Bertz CT molecular complexity index is 1410. The number of carbonyl (C=O) groups is 1. The average Bonchev–Trinajstić information content (AvgIpc) is 3.09. The van der Waals surface area contributed by atoms with Crippen molar-refractivity contribution in [1.82, 2.24) is 9.97 Å². The summed E-state index contributed by atoms with van der Waals surface area (Å²) in [5, 5.41) is 10.5. The van der Waals surface area contributed by atoms with E-state index in [-0.39, 0.29) is 34.2 Å². The largest absolute Gasteiger partial charge is 0.504 e. The fourth-order valence-corrected chi connectivity index (χ4v) is 4.00. The van der Waals surface area contributed by atoms with Crippen LogP contribution in [0.1, 0.15) is 40.2 Å². The van der Waals surface area contributed by atoms with Crippen LogP contribution >= 0.6 is 0 Å². The fraction of sp³-hybridized carbons (Fsp3) is 0.167. The zero-order chi connectivity index (χ0) is 22.4. The van der Waals surface area contributed by atoms with Gasteiger partial charge in [0.2, 0.25) is 11.7 Å². The van der Waals surface area contributed by atoms with Gasteiger partial charge in [0.05, 0.1) is 23.6 Å². The maximum Gasteiger partial charge on any atom is 0.297 e. The second-order valence-corrected chi connectivity index (χ2v) is 7.46. The van der Waals surface area contributed by atoms with Crippen LogP contribution in [0.4, 0.5) is 5.95 Å². The van der Waals surface area contributed by atoms with Crippen LogP contribution in [0.25, 0.3) is 11.0 Å². The van der Waals surface area contributed by atoms with E-state index >= 15 is 0 Å². The maximum atomic E-state index is 13.6. The van der Waals surface area contributed by atoms with Gasteiger partial charge < -0.3 is 14.3 Å². The lowest BCUT2D eigenvalue weighted by molar-refractivity contribution is 0.0969. The number of anilines is 1. The van der Waals surface area contributed by atoms with Gasteiger partial charge in [-0.25, -0.2) is 9.97 Å². The van der Waals surface area contributed by atoms with Gasteiger partial charge in [0.15, 0.2) is 16.9 Å². The smallest absolute Gasteiger partial charge is 0.297 e. The zero-order valence-electron chi connectivity index (χ0n) is 17.4. The first kappa shape index (κ1) is 19.7. The molecular weight excluding hydrogens is 410 g/mol. The third kappa shape index (κ3) is 2.99. The van der Waals surface area contributed by atoms with Crippen molar-refractivity contribution in [2.75, 3.05) is 11.5 Å². The number of aromatic nitrogens is 2. The summed E-state index contributed by atoms with van der Waals surface area (Å²) in [7, 11) is 0. The number of rotatable bonds is 4. The third-order valence-corrected chi connectivity index (χ3v) is 5.39. The normalized spacial score (nSPS) is 15.2. The van der Waals surface area contributed by atoms with Crippen molar-refractivity contribution in [2.45, 2.75) is 19.9 Å². The number of benzene rings is 2. The Balaban J connectivity index is 1.81. The van der Waals surface area contributed by atoms with E-state index in [1.165, 1.54) is 23.4 Å². The Hall–Kier alpha value is -4.20. The van der Waals surface area contributed by atoms with Gasteiger partial charge in [0, 0.05) is 12.4 Å². The Morgan fingerprint density at radius 1 is 1.12 bits per heavy atom. The van der Waals surface area contributed by atoms with Crippen molar-refractivity contribution in [3.05, 3.63) is 87.5 Å². The quantitative estimate of drug-likeness (QED) is 0.527. The number of amides is 1. The number of hydrogen-bond donors (Lipinski definition) is 1. The predicted octanol–water partition coefficient (Wildman–Crippen LogP) is 3.75. The first-order valence-corrected chi connectivity index (χ1v) is 10.1. The second kappa shape index (κ2) is 7.49. The molecule has 0 spiro atoms. The summed E-state index contributed by atoms with van der Waals surface area (Å²) in [5.74, 6) is -0.207. The molecule has 2 aromatic carbocycles. The summed E-state index contributed by atoms with van der Waals surface area (Å²) in [6, 6.07) is 10.8. The number of fused-ring (bicyclic) bond motifs is 2. The number of carbonyl (C=O) groups excluding carboxylic acids is 1. The SMILES string of the molecule is CCOc1cc(C2c3c(oc4ccc(C)cc4c3=O)C(=O)N2c2ncccn2)ccc1O. The molecule has 8 nitrogen and oxygen atoms in total. The fourth-order valence-electron chi connectivity index (χ4n) is 4.00. The van der Waals surface area contributed by atoms with Crippen LogP contribution < -0.4 is 15.1 Å². The Morgan fingerprint density at radius 2 is 1.91 bits per heavy atom. The van der Waals surface area contributed by atoms with Gasteiger partial charge in [-0.2, -0.15) is 0 Å². The number of ether oxygens (including phenoxy) is 1. The summed E-state index contributed by atoms with van der Waals surface area (Å²) in [5.41, 5.74) is 1.70. The van der Waals surface area contributed by atoms with Gasteiger partial charge >= 0.3 is 0 Å². The van der Waals surface area contributed by atoms with Crippen LogP contribution in [0.3, 0.4) is 0 Å². The number of aryl methyl sites for hydroxylation is 1. The minimum Gasteiger partial charge on any atom is -0.504 e. The molecule has 5 rings (SSSR count). The van der Waals surface area contributed by atoms with E-state index < -0.39 is 11.9 Å². The van der Waals surface area contributed by atoms with Crippen molar-refractivity contribution in [3.63, 3.8) is 0 Å².